The third-order valence-corrected chi connectivity index (χ3v) is 2.05. The standard InChI is InChI=1S/C7H5NS.K.H/c1-2-4-7-6(3-1)8-5-9-7;;/h1-5H;;/q;+1;-1. The normalized spacial score (nSPS) is 9.20. The monoisotopic (exact) mass is 175 g/mol. The second-order valence-electron chi connectivity index (χ2n) is 1.82. The van der Waals surface area contributed by atoms with Crippen molar-refractivity contribution in [2.45, 2.75) is 0 Å². The maximum atomic E-state index is 4.14. The third kappa shape index (κ3) is 1.67. The van der Waals surface area contributed by atoms with Gasteiger partial charge in [-0.2, -0.15) is 0 Å². The van der Waals surface area contributed by atoms with Gasteiger partial charge in [0.2, 0.25) is 0 Å². The molecule has 0 aliphatic carbocycles. The molecule has 1 heterocycles. The van der Waals surface area contributed by atoms with E-state index in [0.29, 0.717) is 0 Å². The largest absolute Gasteiger partial charge is 1.00 e. The van der Waals surface area contributed by atoms with Gasteiger partial charge in [-0.25, -0.2) is 4.98 Å². The first kappa shape index (κ1) is 8.84. The van der Waals surface area contributed by atoms with Crippen LogP contribution in [0.2, 0.25) is 0 Å². The molecule has 46 valence electrons. The summed E-state index contributed by atoms with van der Waals surface area (Å²) in [6.45, 7) is 0. The molecule has 0 N–H and O–H groups in total. The molecule has 0 saturated heterocycles. The van der Waals surface area contributed by atoms with Crippen LogP contribution in [0.25, 0.3) is 10.2 Å². The molecule has 1 aromatic heterocycles. The van der Waals surface area contributed by atoms with Crippen LogP contribution in [-0.4, -0.2) is 4.98 Å². The van der Waals surface area contributed by atoms with Crippen LogP contribution in [0.15, 0.2) is 29.8 Å². The van der Waals surface area contributed by atoms with Gasteiger partial charge in [0.15, 0.2) is 0 Å². The van der Waals surface area contributed by atoms with Crippen molar-refractivity contribution in [1.29, 1.82) is 0 Å². The first-order valence-electron chi connectivity index (χ1n) is 2.75. The minimum absolute atomic E-state index is 0. The van der Waals surface area contributed by atoms with Gasteiger partial charge in [0.1, 0.15) is 0 Å². The van der Waals surface area contributed by atoms with E-state index < -0.39 is 0 Å². The summed E-state index contributed by atoms with van der Waals surface area (Å²) >= 11 is 1.68. The summed E-state index contributed by atoms with van der Waals surface area (Å²) in [5, 5.41) is 0. The number of fused-ring (bicyclic) bond motifs is 1. The Balaban J connectivity index is 0.000000500. The molecular formula is C7H6KNS. The van der Waals surface area contributed by atoms with Gasteiger partial charge in [-0.1, -0.05) is 12.1 Å². The minimum atomic E-state index is 0. The molecule has 2 rings (SSSR count). The van der Waals surface area contributed by atoms with Gasteiger partial charge in [0.05, 0.1) is 15.7 Å². The summed E-state index contributed by atoms with van der Waals surface area (Å²) in [6.07, 6.45) is 0. The first-order chi connectivity index (χ1) is 4.47. The molecule has 10 heavy (non-hydrogen) atoms. The third-order valence-electron chi connectivity index (χ3n) is 1.24. The van der Waals surface area contributed by atoms with Crippen LogP contribution in [0, 0.1) is 0 Å². The topological polar surface area (TPSA) is 12.9 Å². The quantitative estimate of drug-likeness (QED) is 0.488. The fraction of sp³-hybridized carbons (Fsp3) is 0. The molecule has 1 aromatic carbocycles. The first-order valence-corrected chi connectivity index (χ1v) is 3.63. The molecule has 0 aliphatic heterocycles. The van der Waals surface area contributed by atoms with Crippen molar-refractivity contribution in [3.8, 4) is 0 Å². The summed E-state index contributed by atoms with van der Waals surface area (Å²) in [7, 11) is 0. The zero-order valence-electron chi connectivity index (χ0n) is 6.74. The second-order valence-corrected chi connectivity index (χ2v) is 2.71. The van der Waals surface area contributed by atoms with Gasteiger partial charge >= 0.3 is 51.4 Å². The van der Waals surface area contributed by atoms with Crippen LogP contribution in [0.1, 0.15) is 1.43 Å². The molecule has 0 amide bonds. The Morgan fingerprint density at radius 2 is 2.10 bits per heavy atom. The number of hydrogen-bond donors (Lipinski definition) is 0. The van der Waals surface area contributed by atoms with Crippen LogP contribution in [0.4, 0.5) is 0 Å². The summed E-state index contributed by atoms with van der Waals surface area (Å²) in [6, 6.07) is 8.13. The van der Waals surface area contributed by atoms with Crippen molar-refractivity contribution in [3.05, 3.63) is 29.8 Å². The van der Waals surface area contributed by atoms with Crippen LogP contribution >= 0.6 is 11.3 Å². The second kappa shape index (κ2) is 3.95. The van der Waals surface area contributed by atoms with Gasteiger partial charge in [-0.3, -0.25) is 0 Å². The average molecular weight is 175 g/mol. The summed E-state index contributed by atoms with van der Waals surface area (Å²) in [5.74, 6) is 0. The number of aromatic nitrogens is 1. The maximum absolute atomic E-state index is 4.14. The zero-order chi connectivity index (χ0) is 6.10. The fourth-order valence-electron chi connectivity index (χ4n) is 0.803. The Bertz CT molecular complexity index is 292. The van der Waals surface area contributed by atoms with E-state index in [1.807, 2.05) is 23.7 Å². The van der Waals surface area contributed by atoms with Crippen LogP contribution in [-0.2, 0) is 0 Å². The fourth-order valence-corrected chi connectivity index (χ4v) is 1.48. The van der Waals surface area contributed by atoms with Gasteiger partial charge < -0.3 is 1.43 Å². The predicted octanol–water partition coefficient (Wildman–Crippen LogP) is -0.587. The molecule has 3 heteroatoms. The molecule has 0 saturated carbocycles. The number of para-hydroxylation sites is 1. The summed E-state index contributed by atoms with van der Waals surface area (Å²) in [4.78, 5) is 4.14. The molecule has 0 radical (unpaired) electrons. The molecule has 0 atom stereocenters. The Kier molecular flexibility index (Phi) is 3.49. The van der Waals surface area contributed by atoms with Crippen molar-refractivity contribution in [2.24, 2.45) is 0 Å². The van der Waals surface area contributed by atoms with Crippen molar-refractivity contribution >= 4 is 21.6 Å². The van der Waals surface area contributed by atoms with Crippen LogP contribution < -0.4 is 51.4 Å². The van der Waals surface area contributed by atoms with Crippen LogP contribution in [0.5, 0.6) is 0 Å². The number of benzene rings is 1. The van der Waals surface area contributed by atoms with Gasteiger partial charge in [-0.05, 0) is 12.1 Å². The maximum Gasteiger partial charge on any atom is 1.00 e. The Morgan fingerprint density at radius 3 is 2.90 bits per heavy atom. The van der Waals surface area contributed by atoms with E-state index >= 15 is 0 Å². The van der Waals surface area contributed by atoms with E-state index in [2.05, 4.69) is 11.1 Å². The Hall–Kier alpha value is 0.746. The summed E-state index contributed by atoms with van der Waals surface area (Å²) < 4.78 is 1.26. The van der Waals surface area contributed by atoms with Gasteiger partial charge in [-0.15, -0.1) is 11.3 Å². The molecule has 2 aromatic rings. The molecule has 0 fully saturated rings. The van der Waals surface area contributed by atoms with Gasteiger partial charge in [0.25, 0.3) is 0 Å². The minimum Gasteiger partial charge on any atom is -1.00 e. The molecule has 0 spiro atoms. The van der Waals surface area contributed by atoms with Crippen LogP contribution in [0.3, 0.4) is 0 Å². The number of thiazole rings is 1. The molecular weight excluding hydrogens is 169 g/mol. The van der Waals surface area contributed by atoms with Crippen molar-refractivity contribution in [1.82, 2.24) is 4.98 Å². The predicted molar refractivity (Wildman–Crippen MR) is 40.7 cm³/mol. The number of nitrogens with zero attached hydrogens (tertiary/aromatic N) is 1. The van der Waals surface area contributed by atoms with E-state index in [0.717, 1.165) is 5.52 Å². The Labute approximate surface area is 107 Å². The smallest absolute Gasteiger partial charge is 1.00 e. The SMILES string of the molecule is [H-].[K+].c1ccc2scnc2c1. The van der Waals surface area contributed by atoms with E-state index in [4.69, 9.17) is 0 Å². The average Bonchev–Trinajstić information content (AvgIpc) is 2.33. The molecule has 1 nitrogen and oxygen atoms in total. The van der Waals surface area contributed by atoms with Crippen molar-refractivity contribution in [3.63, 3.8) is 0 Å². The van der Waals surface area contributed by atoms with Crippen molar-refractivity contribution in [2.75, 3.05) is 0 Å². The van der Waals surface area contributed by atoms with E-state index in [1.165, 1.54) is 4.70 Å². The molecule has 0 unspecified atom stereocenters. The van der Waals surface area contributed by atoms with E-state index in [9.17, 15) is 0 Å². The van der Waals surface area contributed by atoms with Crippen molar-refractivity contribution < 1.29 is 52.8 Å². The molecule has 0 bridgehead atoms. The number of hydrogen-bond acceptors (Lipinski definition) is 2. The molecule has 0 aliphatic rings. The zero-order valence-corrected chi connectivity index (χ0v) is 9.68. The van der Waals surface area contributed by atoms with Gasteiger partial charge in [0, 0.05) is 0 Å². The number of rotatable bonds is 0. The van der Waals surface area contributed by atoms with E-state index in [-0.39, 0.29) is 52.8 Å². The van der Waals surface area contributed by atoms with E-state index in [1.54, 1.807) is 11.3 Å². The Morgan fingerprint density at radius 1 is 1.30 bits per heavy atom. The summed E-state index contributed by atoms with van der Waals surface area (Å²) in [5.41, 5.74) is 2.97.